The Labute approximate surface area is 76.4 Å². The highest BCUT2D eigenvalue weighted by Crippen LogP contribution is 2.11. The van der Waals surface area contributed by atoms with Gasteiger partial charge in [0.15, 0.2) is 5.69 Å². The zero-order chi connectivity index (χ0) is 8.43. The molecule has 0 saturated heterocycles. The third kappa shape index (κ3) is 2.23. The second kappa shape index (κ2) is 4.11. The molecule has 68 valence electrons. The molecule has 0 aromatic carbocycles. The van der Waals surface area contributed by atoms with E-state index < -0.39 is 5.97 Å². The first kappa shape index (κ1) is 11.0. The van der Waals surface area contributed by atoms with Crippen LogP contribution in [0, 0.1) is 0 Å². The van der Waals surface area contributed by atoms with E-state index in [0.29, 0.717) is 0 Å². The molecule has 0 bridgehead atoms. The lowest BCUT2D eigenvalue weighted by Crippen LogP contribution is -1.95. The minimum atomic E-state index is -0.992. The lowest BCUT2D eigenvalue weighted by Gasteiger charge is -1.95. The molecule has 1 rings (SSSR count). The van der Waals surface area contributed by atoms with Crippen LogP contribution < -0.4 is 0 Å². The molecule has 0 spiro atoms. The fourth-order valence-electron chi connectivity index (χ4n) is 0.742. The Hall–Kier alpha value is -1.03. The van der Waals surface area contributed by atoms with Crippen molar-refractivity contribution >= 4 is 18.4 Å². The van der Waals surface area contributed by atoms with Gasteiger partial charge in [-0.25, -0.2) is 4.79 Å². The Morgan fingerprint density at radius 1 is 1.67 bits per heavy atom. The SMILES string of the molecule is CC(C)c1cc(C(=O)O)n[nH]1.Cl. The number of hydrogen-bond acceptors (Lipinski definition) is 2. The number of halogens is 1. The Kier molecular flexibility index (Phi) is 3.76. The summed E-state index contributed by atoms with van der Waals surface area (Å²) in [5, 5.41) is 14.8. The maximum absolute atomic E-state index is 10.4. The van der Waals surface area contributed by atoms with E-state index in [1.807, 2.05) is 13.8 Å². The van der Waals surface area contributed by atoms with Gasteiger partial charge in [-0.1, -0.05) is 13.8 Å². The third-order valence-electron chi connectivity index (χ3n) is 1.44. The maximum atomic E-state index is 10.4. The average molecular weight is 191 g/mol. The van der Waals surface area contributed by atoms with E-state index in [1.54, 1.807) is 6.07 Å². The van der Waals surface area contributed by atoms with Crippen LogP contribution in [0.3, 0.4) is 0 Å². The molecule has 0 unspecified atom stereocenters. The third-order valence-corrected chi connectivity index (χ3v) is 1.44. The first-order valence-corrected chi connectivity index (χ1v) is 3.40. The molecule has 1 aromatic rings. The van der Waals surface area contributed by atoms with Gasteiger partial charge in [0, 0.05) is 5.69 Å². The fraction of sp³-hybridized carbons (Fsp3) is 0.429. The van der Waals surface area contributed by atoms with Crippen LogP contribution in [0.15, 0.2) is 6.07 Å². The first-order valence-electron chi connectivity index (χ1n) is 3.40. The van der Waals surface area contributed by atoms with Gasteiger partial charge in [-0.15, -0.1) is 12.4 Å². The summed E-state index contributed by atoms with van der Waals surface area (Å²) < 4.78 is 0. The molecule has 4 nitrogen and oxygen atoms in total. The molecule has 0 aliphatic heterocycles. The van der Waals surface area contributed by atoms with Crippen LogP contribution in [-0.4, -0.2) is 21.3 Å². The van der Waals surface area contributed by atoms with Crippen LogP contribution in [0.2, 0.25) is 0 Å². The molecule has 5 heteroatoms. The number of H-pyrrole nitrogens is 1. The second-order valence-electron chi connectivity index (χ2n) is 2.67. The number of aromatic amines is 1. The monoisotopic (exact) mass is 190 g/mol. The van der Waals surface area contributed by atoms with E-state index in [9.17, 15) is 4.79 Å². The summed E-state index contributed by atoms with van der Waals surface area (Å²) in [5.41, 5.74) is 0.927. The van der Waals surface area contributed by atoms with Crippen LogP contribution in [-0.2, 0) is 0 Å². The van der Waals surface area contributed by atoms with E-state index in [4.69, 9.17) is 5.11 Å². The Bertz CT molecular complexity index is 270. The summed E-state index contributed by atoms with van der Waals surface area (Å²) in [5.74, 6) is -0.705. The summed E-state index contributed by atoms with van der Waals surface area (Å²) in [7, 11) is 0. The molecule has 0 radical (unpaired) electrons. The minimum Gasteiger partial charge on any atom is -0.476 e. The highest BCUT2D eigenvalue weighted by atomic mass is 35.5. The largest absolute Gasteiger partial charge is 0.476 e. The molecule has 1 aromatic heterocycles. The van der Waals surface area contributed by atoms with Crippen LogP contribution >= 0.6 is 12.4 Å². The molecule has 2 N–H and O–H groups in total. The van der Waals surface area contributed by atoms with Gasteiger partial charge in [0.1, 0.15) is 0 Å². The summed E-state index contributed by atoms with van der Waals surface area (Å²) in [6, 6.07) is 1.55. The molecule has 0 aliphatic carbocycles. The van der Waals surface area contributed by atoms with Crippen LogP contribution in [0.1, 0.15) is 35.9 Å². The summed E-state index contributed by atoms with van der Waals surface area (Å²) in [6.45, 7) is 3.94. The molecule has 0 aliphatic rings. The lowest BCUT2D eigenvalue weighted by atomic mass is 10.1. The molecule has 0 amide bonds. The summed E-state index contributed by atoms with van der Waals surface area (Å²) in [4.78, 5) is 10.4. The van der Waals surface area contributed by atoms with Crippen LogP contribution in [0.4, 0.5) is 0 Å². The van der Waals surface area contributed by atoms with Gasteiger partial charge in [0.2, 0.25) is 0 Å². The average Bonchev–Trinajstić information content (AvgIpc) is 2.33. The van der Waals surface area contributed by atoms with Gasteiger partial charge < -0.3 is 5.11 Å². The van der Waals surface area contributed by atoms with Gasteiger partial charge in [0.25, 0.3) is 0 Å². The molecule has 1 heterocycles. The maximum Gasteiger partial charge on any atom is 0.356 e. The minimum absolute atomic E-state index is 0. The number of hydrogen-bond donors (Lipinski definition) is 2. The molecule has 0 saturated carbocycles. The molecule has 0 fully saturated rings. The van der Waals surface area contributed by atoms with Gasteiger partial charge in [-0.05, 0) is 12.0 Å². The smallest absolute Gasteiger partial charge is 0.356 e. The number of aromatic carboxylic acids is 1. The van der Waals surface area contributed by atoms with Crippen LogP contribution in [0.25, 0.3) is 0 Å². The Morgan fingerprint density at radius 3 is 2.50 bits per heavy atom. The van der Waals surface area contributed by atoms with E-state index in [-0.39, 0.29) is 24.0 Å². The van der Waals surface area contributed by atoms with Crippen molar-refractivity contribution in [3.05, 3.63) is 17.5 Å². The molecular weight excluding hydrogens is 180 g/mol. The normalized spacial score (nSPS) is 9.58. The highest BCUT2D eigenvalue weighted by molar-refractivity contribution is 5.85. The van der Waals surface area contributed by atoms with E-state index >= 15 is 0 Å². The number of carbonyl (C=O) groups is 1. The molecular formula is C7H11ClN2O2. The van der Waals surface area contributed by atoms with Crippen molar-refractivity contribution in [1.82, 2.24) is 10.2 Å². The zero-order valence-corrected chi connectivity index (χ0v) is 7.68. The predicted molar refractivity (Wildman–Crippen MR) is 46.9 cm³/mol. The molecule has 12 heavy (non-hydrogen) atoms. The topological polar surface area (TPSA) is 66.0 Å². The van der Waals surface area contributed by atoms with E-state index in [2.05, 4.69) is 10.2 Å². The second-order valence-corrected chi connectivity index (χ2v) is 2.67. The summed E-state index contributed by atoms with van der Waals surface area (Å²) in [6.07, 6.45) is 0. The van der Waals surface area contributed by atoms with Crippen LogP contribution in [0.5, 0.6) is 0 Å². The summed E-state index contributed by atoms with van der Waals surface area (Å²) >= 11 is 0. The lowest BCUT2D eigenvalue weighted by molar-refractivity contribution is 0.0690. The van der Waals surface area contributed by atoms with E-state index in [0.717, 1.165) is 5.69 Å². The quantitative estimate of drug-likeness (QED) is 0.745. The predicted octanol–water partition coefficient (Wildman–Crippen LogP) is 1.65. The highest BCUT2D eigenvalue weighted by Gasteiger charge is 2.09. The number of aromatic nitrogens is 2. The molecule has 0 atom stereocenters. The van der Waals surface area contributed by atoms with Crippen molar-refractivity contribution in [2.75, 3.05) is 0 Å². The Morgan fingerprint density at radius 2 is 2.25 bits per heavy atom. The van der Waals surface area contributed by atoms with Crippen molar-refractivity contribution in [1.29, 1.82) is 0 Å². The number of carboxylic acids is 1. The zero-order valence-electron chi connectivity index (χ0n) is 6.87. The van der Waals surface area contributed by atoms with Crippen molar-refractivity contribution in [2.24, 2.45) is 0 Å². The van der Waals surface area contributed by atoms with Crippen molar-refractivity contribution < 1.29 is 9.90 Å². The van der Waals surface area contributed by atoms with Crippen molar-refractivity contribution in [3.63, 3.8) is 0 Å². The number of nitrogens with zero attached hydrogens (tertiary/aromatic N) is 1. The van der Waals surface area contributed by atoms with Gasteiger partial charge in [0.05, 0.1) is 0 Å². The first-order chi connectivity index (χ1) is 5.11. The van der Waals surface area contributed by atoms with Crippen molar-refractivity contribution in [3.8, 4) is 0 Å². The van der Waals surface area contributed by atoms with Crippen molar-refractivity contribution in [2.45, 2.75) is 19.8 Å². The van der Waals surface area contributed by atoms with Gasteiger partial charge >= 0.3 is 5.97 Å². The Balaban J connectivity index is 0.00000121. The number of rotatable bonds is 2. The van der Waals surface area contributed by atoms with E-state index in [1.165, 1.54) is 0 Å². The fourth-order valence-corrected chi connectivity index (χ4v) is 0.742. The standard InChI is InChI=1S/C7H10N2O2.ClH/c1-4(2)5-3-6(7(10)11)9-8-5;/h3-4H,1-2H3,(H,8,9)(H,10,11);1H. The van der Waals surface area contributed by atoms with Gasteiger partial charge in [-0.2, -0.15) is 5.10 Å². The number of carboxylic acid groups (broad SMARTS) is 1. The number of nitrogens with one attached hydrogen (secondary N) is 1. The van der Waals surface area contributed by atoms with Gasteiger partial charge in [-0.3, -0.25) is 5.10 Å².